The van der Waals surface area contributed by atoms with Crippen molar-refractivity contribution in [2.45, 2.75) is 25.4 Å². The van der Waals surface area contributed by atoms with E-state index >= 15 is 0 Å². The summed E-state index contributed by atoms with van der Waals surface area (Å²) in [4.78, 5) is 14.4. The van der Waals surface area contributed by atoms with E-state index in [0.29, 0.717) is 18.2 Å². The zero-order chi connectivity index (χ0) is 13.2. The van der Waals surface area contributed by atoms with Gasteiger partial charge in [0.1, 0.15) is 0 Å². The van der Waals surface area contributed by atoms with Crippen LogP contribution in [0.3, 0.4) is 0 Å². The summed E-state index contributed by atoms with van der Waals surface area (Å²) in [6.45, 7) is 0.635. The molecule has 1 saturated carbocycles. The normalized spacial score (nSPS) is 14.4. The lowest BCUT2D eigenvalue weighted by molar-refractivity contribution is 0.0729. The summed E-state index contributed by atoms with van der Waals surface area (Å²) in [5, 5.41) is 6.54. The van der Waals surface area contributed by atoms with Crippen LogP contribution in [0.15, 0.2) is 41.1 Å². The Bertz CT molecular complexity index is 578. The molecule has 1 aromatic carbocycles. The lowest BCUT2D eigenvalue weighted by Gasteiger charge is -2.22. The second-order valence-electron chi connectivity index (χ2n) is 4.74. The van der Waals surface area contributed by atoms with E-state index in [9.17, 15) is 4.79 Å². The number of carbonyl (C=O) groups excluding carboxylic acids is 1. The summed E-state index contributed by atoms with van der Waals surface area (Å²) in [5.74, 6) is 0.0482. The van der Waals surface area contributed by atoms with Gasteiger partial charge in [0.25, 0.3) is 5.91 Å². The van der Waals surface area contributed by atoms with Gasteiger partial charge < -0.3 is 4.90 Å². The van der Waals surface area contributed by atoms with Crippen LogP contribution in [0.1, 0.15) is 28.8 Å². The molecule has 98 valence electrons. The zero-order valence-corrected chi connectivity index (χ0v) is 11.9. The van der Waals surface area contributed by atoms with E-state index in [0.717, 1.165) is 22.9 Å². The summed E-state index contributed by atoms with van der Waals surface area (Å²) in [5.41, 5.74) is 1.75. The zero-order valence-electron chi connectivity index (χ0n) is 10.3. The highest BCUT2D eigenvalue weighted by Crippen LogP contribution is 2.31. The van der Waals surface area contributed by atoms with Gasteiger partial charge in [-0.1, -0.05) is 34.1 Å². The van der Waals surface area contributed by atoms with Crippen molar-refractivity contribution in [1.29, 1.82) is 0 Å². The van der Waals surface area contributed by atoms with Crippen LogP contribution in [-0.2, 0) is 6.54 Å². The average molecular weight is 320 g/mol. The molecule has 1 fully saturated rings. The molecule has 1 heterocycles. The van der Waals surface area contributed by atoms with E-state index in [2.05, 4.69) is 26.1 Å². The smallest absolute Gasteiger partial charge is 0.257 e. The minimum absolute atomic E-state index is 0.0482. The third-order valence-corrected chi connectivity index (χ3v) is 4.07. The van der Waals surface area contributed by atoms with Crippen LogP contribution in [0, 0.1) is 0 Å². The van der Waals surface area contributed by atoms with Crippen LogP contribution < -0.4 is 0 Å². The molecule has 1 aromatic heterocycles. The molecule has 19 heavy (non-hydrogen) atoms. The van der Waals surface area contributed by atoms with Gasteiger partial charge in [0.2, 0.25) is 0 Å². The van der Waals surface area contributed by atoms with Crippen LogP contribution in [0.4, 0.5) is 0 Å². The molecule has 2 aromatic rings. The molecular formula is C14H14BrN3O. The third-order valence-electron chi connectivity index (χ3n) is 3.29. The van der Waals surface area contributed by atoms with Crippen LogP contribution in [0.25, 0.3) is 0 Å². The lowest BCUT2D eigenvalue weighted by atomic mass is 10.2. The maximum absolute atomic E-state index is 12.5. The van der Waals surface area contributed by atoms with Crippen molar-refractivity contribution in [1.82, 2.24) is 15.1 Å². The topological polar surface area (TPSA) is 49.0 Å². The maximum atomic E-state index is 12.5. The second-order valence-corrected chi connectivity index (χ2v) is 5.60. The molecule has 1 aliphatic carbocycles. The Hall–Kier alpha value is -1.62. The first-order chi connectivity index (χ1) is 9.25. The summed E-state index contributed by atoms with van der Waals surface area (Å²) >= 11 is 3.54. The van der Waals surface area contributed by atoms with Gasteiger partial charge in [0.05, 0.1) is 11.8 Å². The van der Waals surface area contributed by atoms with Crippen molar-refractivity contribution >= 4 is 21.8 Å². The van der Waals surface area contributed by atoms with Crippen molar-refractivity contribution in [3.05, 3.63) is 52.3 Å². The maximum Gasteiger partial charge on any atom is 0.257 e. The number of hydrogen-bond acceptors (Lipinski definition) is 2. The first-order valence-corrected chi connectivity index (χ1v) is 7.08. The Morgan fingerprint density at radius 2 is 2.21 bits per heavy atom. The molecule has 0 saturated heterocycles. The Balaban J connectivity index is 1.82. The predicted octanol–water partition coefficient (Wildman–Crippen LogP) is 2.98. The number of aromatic amines is 1. The van der Waals surface area contributed by atoms with Crippen molar-refractivity contribution in [3.63, 3.8) is 0 Å². The van der Waals surface area contributed by atoms with E-state index in [-0.39, 0.29) is 5.91 Å². The van der Waals surface area contributed by atoms with Gasteiger partial charge >= 0.3 is 0 Å². The number of nitrogens with one attached hydrogen (secondary N) is 1. The number of nitrogens with zero attached hydrogens (tertiary/aromatic N) is 2. The molecule has 0 radical (unpaired) electrons. The Morgan fingerprint density at radius 3 is 2.84 bits per heavy atom. The number of aromatic nitrogens is 2. The quantitative estimate of drug-likeness (QED) is 0.941. The van der Waals surface area contributed by atoms with E-state index in [1.54, 1.807) is 12.4 Å². The highest BCUT2D eigenvalue weighted by molar-refractivity contribution is 9.10. The van der Waals surface area contributed by atoms with Crippen molar-refractivity contribution in [3.8, 4) is 0 Å². The Labute approximate surface area is 119 Å². The number of rotatable bonds is 4. The lowest BCUT2D eigenvalue weighted by Crippen LogP contribution is -2.32. The highest BCUT2D eigenvalue weighted by atomic mass is 79.9. The molecule has 4 nitrogen and oxygen atoms in total. The van der Waals surface area contributed by atoms with Crippen molar-refractivity contribution < 1.29 is 4.79 Å². The highest BCUT2D eigenvalue weighted by Gasteiger charge is 2.33. The summed E-state index contributed by atoms with van der Waals surface area (Å²) < 4.78 is 1.04. The minimum atomic E-state index is 0.0482. The third kappa shape index (κ3) is 2.71. The number of amides is 1. The van der Waals surface area contributed by atoms with E-state index in [1.807, 2.05) is 29.2 Å². The first-order valence-electron chi connectivity index (χ1n) is 6.29. The van der Waals surface area contributed by atoms with Gasteiger partial charge in [-0.05, 0) is 24.5 Å². The fourth-order valence-corrected chi connectivity index (χ4v) is 2.51. The Morgan fingerprint density at radius 1 is 1.42 bits per heavy atom. The van der Waals surface area contributed by atoms with Crippen molar-refractivity contribution in [2.24, 2.45) is 0 Å². The number of carbonyl (C=O) groups is 1. The molecule has 0 aliphatic heterocycles. The standard InChI is InChI=1S/C14H14BrN3O/c15-13-4-2-1-3-10(13)9-18(12-5-6-12)14(19)11-7-16-17-8-11/h1-4,7-8,12H,5-6,9H2,(H,16,17). The van der Waals surface area contributed by atoms with Crippen LogP contribution in [-0.4, -0.2) is 27.0 Å². The Kier molecular flexibility index (Phi) is 3.38. The van der Waals surface area contributed by atoms with Gasteiger partial charge in [-0.25, -0.2) is 0 Å². The number of H-pyrrole nitrogens is 1. The molecule has 3 rings (SSSR count). The SMILES string of the molecule is O=C(c1cn[nH]c1)N(Cc1ccccc1Br)C1CC1. The molecular weight excluding hydrogens is 306 g/mol. The second kappa shape index (κ2) is 5.17. The van der Waals surface area contributed by atoms with Gasteiger partial charge in [-0.15, -0.1) is 0 Å². The average Bonchev–Trinajstić information content (AvgIpc) is 3.11. The first kappa shape index (κ1) is 12.4. The van der Waals surface area contributed by atoms with E-state index in [4.69, 9.17) is 0 Å². The largest absolute Gasteiger partial charge is 0.331 e. The number of hydrogen-bond donors (Lipinski definition) is 1. The summed E-state index contributed by atoms with van der Waals surface area (Å²) in [6, 6.07) is 8.39. The van der Waals surface area contributed by atoms with Gasteiger partial charge in [-0.2, -0.15) is 5.10 Å². The summed E-state index contributed by atoms with van der Waals surface area (Å²) in [7, 11) is 0. The van der Waals surface area contributed by atoms with Gasteiger partial charge in [0.15, 0.2) is 0 Å². The van der Waals surface area contributed by atoms with Crippen molar-refractivity contribution in [2.75, 3.05) is 0 Å². The van der Waals surface area contributed by atoms with Crippen LogP contribution >= 0.6 is 15.9 Å². The van der Waals surface area contributed by atoms with Crippen LogP contribution in [0.5, 0.6) is 0 Å². The molecule has 1 amide bonds. The monoisotopic (exact) mass is 319 g/mol. The number of benzene rings is 1. The molecule has 5 heteroatoms. The fourth-order valence-electron chi connectivity index (χ4n) is 2.10. The number of halogens is 1. The summed E-state index contributed by atoms with van der Waals surface area (Å²) in [6.07, 6.45) is 5.41. The minimum Gasteiger partial charge on any atom is -0.331 e. The molecule has 1 N–H and O–H groups in total. The predicted molar refractivity (Wildman–Crippen MR) is 75.6 cm³/mol. The molecule has 1 aliphatic rings. The van der Waals surface area contributed by atoms with Gasteiger partial charge in [0, 0.05) is 23.3 Å². The molecule has 0 atom stereocenters. The van der Waals surface area contributed by atoms with E-state index < -0.39 is 0 Å². The fraction of sp³-hybridized carbons (Fsp3) is 0.286. The van der Waals surface area contributed by atoms with Crippen LogP contribution in [0.2, 0.25) is 0 Å². The molecule has 0 bridgehead atoms. The van der Waals surface area contributed by atoms with E-state index in [1.165, 1.54) is 0 Å². The van der Waals surface area contributed by atoms with Gasteiger partial charge in [-0.3, -0.25) is 9.89 Å². The molecule has 0 unspecified atom stereocenters. The molecule has 0 spiro atoms.